The second-order valence-corrected chi connectivity index (χ2v) is 5.92. The van der Waals surface area contributed by atoms with Gasteiger partial charge in [0, 0.05) is 5.25 Å². The maximum Gasteiger partial charge on any atom is 0.277 e. The quantitative estimate of drug-likeness (QED) is 0.768. The Balaban J connectivity index is 2.24. The number of rotatable bonds is 3. The van der Waals surface area contributed by atoms with Gasteiger partial charge in [0.25, 0.3) is 11.1 Å². The van der Waals surface area contributed by atoms with Crippen LogP contribution in [0.25, 0.3) is 10.8 Å². The Morgan fingerprint density at radius 2 is 2.20 bits per heavy atom. The van der Waals surface area contributed by atoms with Gasteiger partial charge in [-0.25, -0.2) is 0 Å². The standard InChI is InChI=1S/C10H12N2OS2/c1-6(2)15-10-12-11-9(13-10)8-7(3)4-5-14-8/h4-6H,1-3H3. The summed E-state index contributed by atoms with van der Waals surface area (Å²) in [4.78, 5) is 1.07. The van der Waals surface area contributed by atoms with Crippen LogP contribution < -0.4 is 0 Å². The second kappa shape index (κ2) is 4.37. The van der Waals surface area contributed by atoms with Crippen LogP contribution in [0.4, 0.5) is 0 Å². The van der Waals surface area contributed by atoms with Crippen LogP contribution in [-0.2, 0) is 0 Å². The molecule has 0 aliphatic rings. The molecule has 0 aliphatic heterocycles. The van der Waals surface area contributed by atoms with Crippen molar-refractivity contribution in [2.24, 2.45) is 0 Å². The summed E-state index contributed by atoms with van der Waals surface area (Å²) in [6.07, 6.45) is 0. The molecule has 5 heteroatoms. The van der Waals surface area contributed by atoms with E-state index >= 15 is 0 Å². The van der Waals surface area contributed by atoms with Crippen LogP contribution in [0.2, 0.25) is 0 Å². The lowest BCUT2D eigenvalue weighted by Crippen LogP contribution is -1.84. The van der Waals surface area contributed by atoms with Crippen molar-refractivity contribution < 1.29 is 4.42 Å². The van der Waals surface area contributed by atoms with Gasteiger partial charge in [-0.2, -0.15) is 0 Å². The zero-order valence-electron chi connectivity index (χ0n) is 8.85. The van der Waals surface area contributed by atoms with E-state index in [4.69, 9.17) is 4.42 Å². The molecular formula is C10H12N2OS2. The highest BCUT2D eigenvalue weighted by Gasteiger charge is 2.13. The highest BCUT2D eigenvalue weighted by atomic mass is 32.2. The molecular weight excluding hydrogens is 228 g/mol. The van der Waals surface area contributed by atoms with Gasteiger partial charge in [0.2, 0.25) is 0 Å². The Bertz CT molecular complexity index is 448. The summed E-state index contributed by atoms with van der Waals surface area (Å²) in [5.74, 6) is 0.630. The van der Waals surface area contributed by atoms with E-state index in [9.17, 15) is 0 Å². The Hall–Kier alpha value is -0.810. The normalized spacial score (nSPS) is 11.2. The van der Waals surface area contributed by atoms with Crippen LogP contribution in [0.1, 0.15) is 19.4 Å². The molecule has 0 fully saturated rings. The van der Waals surface area contributed by atoms with Crippen LogP contribution in [0.3, 0.4) is 0 Å². The Kier molecular flexibility index (Phi) is 3.11. The summed E-state index contributed by atoms with van der Waals surface area (Å²) in [5, 5.41) is 11.2. The predicted molar refractivity (Wildman–Crippen MR) is 63.3 cm³/mol. The molecule has 0 aromatic carbocycles. The van der Waals surface area contributed by atoms with E-state index in [0.29, 0.717) is 16.4 Å². The topological polar surface area (TPSA) is 38.9 Å². The number of nitrogens with zero attached hydrogens (tertiary/aromatic N) is 2. The molecule has 3 nitrogen and oxygen atoms in total. The van der Waals surface area contributed by atoms with Crippen LogP contribution in [0.15, 0.2) is 21.1 Å². The van der Waals surface area contributed by atoms with Crippen molar-refractivity contribution in [3.63, 3.8) is 0 Å². The largest absolute Gasteiger partial charge is 0.410 e. The molecule has 0 amide bonds. The highest BCUT2D eigenvalue weighted by Crippen LogP contribution is 2.30. The minimum atomic E-state index is 0.461. The Labute approximate surface area is 96.9 Å². The fourth-order valence-corrected chi connectivity index (χ4v) is 2.61. The van der Waals surface area contributed by atoms with Crippen molar-refractivity contribution in [3.05, 3.63) is 17.0 Å². The molecule has 0 unspecified atom stereocenters. The SMILES string of the molecule is Cc1ccsc1-c1nnc(SC(C)C)o1. The fourth-order valence-electron chi connectivity index (χ4n) is 1.14. The summed E-state index contributed by atoms with van der Waals surface area (Å²) < 4.78 is 5.57. The fraction of sp³-hybridized carbons (Fsp3) is 0.400. The molecule has 80 valence electrons. The number of hydrogen-bond donors (Lipinski definition) is 0. The van der Waals surface area contributed by atoms with Gasteiger partial charge in [0.05, 0.1) is 4.88 Å². The van der Waals surface area contributed by atoms with Crippen molar-refractivity contribution in [3.8, 4) is 10.8 Å². The summed E-state index contributed by atoms with van der Waals surface area (Å²) in [6, 6.07) is 2.06. The summed E-state index contributed by atoms with van der Waals surface area (Å²) in [5.41, 5.74) is 1.18. The van der Waals surface area contributed by atoms with Gasteiger partial charge in [-0.05, 0) is 23.9 Å². The molecule has 0 atom stereocenters. The zero-order valence-corrected chi connectivity index (χ0v) is 10.5. The Morgan fingerprint density at radius 3 is 2.80 bits per heavy atom. The first-order chi connectivity index (χ1) is 7.16. The summed E-state index contributed by atoms with van der Waals surface area (Å²) >= 11 is 3.22. The van der Waals surface area contributed by atoms with E-state index in [-0.39, 0.29) is 0 Å². The Morgan fingerprint density at radius 1 is 1.40 bits per heavy atom. The van der Waals surface area contributed by atoms with Gasteiger partial charge in [0.1, 0.15) is 0 Å². The van der Waals surface area contributed by atoms with E-state index in [1.165, 1.54) is 5.56 Å². The number of aromatic nitrogens is 2. The van der Waals surface area contributed by atoms with Gasteiger partial charge < -0.3 is 4.42 Å². The van der Waals surface area contributed by atoms with Crippen molar-refractivity contribution in [2.75, 3.05) is 0 Å². The molecule has 0 bridgehead atoms. The number of aryl methyl sites for hydroxylation is 1. The van der Waals surface area contributed by atoms with Crippen molar-refractivity contribution in [2.45, 2.75) is 31.2 Å². The zero-order chi connectivity index (χ0) is 10.8. The lowest BCUT2D eigenvalue weighted by atomic mass is 10.3. The third-order valence-electron chi connectivity index (χ3n) is 1.80. The average molecular weight is 240 g/mol. The predicted octanol–water partition coefficient (Wildman–Crippen LogP) is 3.61. The number of thiophene rings is 1. The van der Waals surface area contributed by atoms with Crippen LogP contribution >= 0.6 is 23.1 Å². The van der Waals surface area contributed by atoms with Gasteiger partial charge in [-0.3, -0.25) is 0 Å². The molecule has 2 heterocycles. The van der Waals surface area contributed by atoms with Crippen LogP contribution in [-0.4, -0.2) is 15.4 Å². The summed E-state index contributed by atoms with van der Waals surface area (Å²) in [7, 11) is 0. The monoisotopic (exact) mass is 240 g/mol. The van der Waals surface area contributed by atoms with Gasteiger partial charge in [-0.1, -0.05) is 25.6 Å². The molecule has 15 heavy (non-hydrogen) atoms. The van der Waals surface area contributed by atoms with E-state index < -0.39 is 0 Å². The van der Waals surface area contributed by atoms with E-state index in [0.717, 1.165) is 4.88 Å². The van der Waals surface area contributed by atoms with E-state index in [1.54, 1.807) is 23.1 Å². The molecule has 2 aromatic heterocycles. The molecule has 2 rings (SSSR count). The average Bonchev–Trinajstić information content (AvgIpc) is 2.72. The van der Waals surface area contributed by atoms with Gasteiger partial charge >= 0.3 is 0 Å². The highest BCUT2D eigenvalue weighted by molar-refractivity contribution is 7.99. The lowest BCUT2D eigenvalue weighted by molar-refractivity contribution is 0.466. The molecule has 0 N–H and O–H groups in total. The molecule has 0 radical (unpaired) electrons. The van der Waals surface area contributed by atoms with Crippen molar-refractivity contribution in [1.29, 1.82) is 0 Å². The second-order valence-electron chi connectivity index (χ2n) is 3.47. The van der Waals surface area contributed by atoms with Gasteiger partial charge in [0.15, 0.2) is 0 Å². The third-order valence-corrected chi connectivity index (χ3v) is 3.64. The van der Waals surface area contributed by atoms with E-state index in [2.05, 4.69) is 30.1 Å². The lowest BCUT2D eigenvalue weighted by Gasteiger charge is -1.96. The first-order valence-corrected chi connectivity index (χ1v) is 6.47. The van der Waals surface area contributed by atoms with Crippen LogP contribution in [0, 0.1) is 6.92 Å². The minimum absolute atomic E-state index is 0.461. The first-order valence-electron chi connectivity index (χ1n) is 4.71. The van der Waals surface area contributed by atoms with Crippen molar-refractivity contribution in [1.82, 2.24) is 10.2 Å². The number of hydrogen-bond acceptors (Lipinski definition) is 5. The number of thioether (sulfide) groups is 1. The third kappa shape index (κ3) is 2.41. The molecule has 2 aromatic rings. The molecule has 0 aliphatic carbocycles. The minimum Gasteiger partial charge on any atom is -0.410 e. The molecule has 0 spiro atoms. The smallest absolute Gasteiger partial charge is 0.277 e. The van der Waals surface area contributed by atoms with Crippen molar-refractivity contribution >= 4 is 23.1 Å². The van der Waals surface area contributed by atoms with Gasteiger partial charge in [-0.15, -0.1) is 21.5 Å². The summed E-state index contributed by atoms with van der Waals surface area (Å²) in [6.45, 7) is 6.25. The first kappa shape index (κ1) is 10.7. The van der Waals surface area contributed by atoms with Crippen LogP contribution in [0.5, 0.6) is 0 Å². The molecule has 0 saturated carbocycles. The maximum atomic E-state index is 5.57. The van der Waals surface area contributed by atoms with E-state index in [1.807, 2.05) is 12.3 Å². The molecule has 0 saturated heterocycles. The maximum absolute atomic E-state index is 5.57.